The van der Waals surface area contributed by atoms with Crippen molar-refractivity contribution in [3.8, 4) is 0 Å². The Bertz CT molecular complexity index is 350. The molecule has 0 aliphatic heterocycles. The summed E-state index contributed by atoms with van der Waals surface area (Å²) in [7, 11) is 0. The van der Waals surface area contributed by atoms with Gasteiger partial charge in [0.1, 0.15) is 0 Å². The van der Waals surface area contributed by atoms with Crippen LogP contribution in [0.3, 0.4) is 0 Å². The Morgan fingerprint density at radius 3 is 2.86 bits per heavy atom. The van der Waals surface area contributed by atoms with E-state index in [0.717, 1.165) is 18.5 Å². The van der Waals surface area contributed by atoms with E-state index in [1.165, 1.54) is 18.5 Å². The maximum Gasteiger partial charge on any atom is 0.163 e. The van der Waals surface area contributed by atoms with Gasteiger partial charge in [-0.05, 0) is 26.2 Å². The fraction of sp³-hybridized carbons (Fsp3) is 0.636. The molecule has 1 heterocycles. The third-order valence-corrected chi connectivity index (χ3v) is 2.66. The van der Waals surface area contributed by atoms with E-state index in [1.54, 1.807) is 13.1 Å². The highest BCUT2D eigenvalue weighted by Gasteiger charge is 2.31. The van der Waals surface area contributed by atoms with Crippen LogP contribution in [0.5, 0.6) is 0 Å². The summed E-state index contributed by atoms with van der Waals surface area (Å²) < 4.78 is 2.01. The second kappa shape index (κ2) is 3.56. The average Bonchev–Trinajstić information content (AvgIpc) is 2.88. The van der Waals surface area contributed by atoms with Gasteiger partial charge in [0.15, 0.2) is 5.78 Å². The van der Waals surface area contributed by atoms with Crippen molar-refractivity contribution in [2.24, 2.45) is 0 Å². The number of carbonyl (C=O) groups excluding carboxylic acids is 1. The summed E-state index contributed by atoms with van der Waals surface area (Å²) in [5.41, 5.74) is 2.01. The molecule has 0 radical (unpaired) electrons. The molecule has 0 spiro atoms. The quantitative estimate of drug-likeness (QED) is 0.686. The van der Waals surface area contributed by atoms with Gasteiger partial charge in [-0.1, -0.05) is 6.92 Å². The summed E-state index contributed by atoms with van der Waals surface area (Å²) in [4.78, 5) is 11.4. The fourth-order valence-electron chi connectivity index (χ4n) is 1.84. The predicted molar refractivity (Wildman–Crippen MR) is 54.5 cm³/mol. The van der Waals surface area contributed by atoms with Gasteiger partial charge in [-0.15, -0.1) is 0 Å². The van der Waals surface area contributed by atoms with Gasteiger partial charge < -0.3 is 0 Å². The SMILES string of the molecule is CCCn1ncc(C(C)=O)c1C1CC1. The summed E-state index contributed by atoms with van der Waals surface area (Å²) in [6, 6.07) is 0. The second-order valence-corrected chi connectivity index (χ2v) is 4.00. The molecule has 0 saturated heterocycles. The summed E-state index contributed by atoms with van der Waals surface area (Å²) in [5.74, 6) is 0.747. The zero-order chi connectivity index (χ0) is 10.1. The number of ketones is 1. The van der Waals surface area contributed by atoms with Gasteiger partial charge in [-0.3, -0.25) is 9.48 Å². The van der Waals surface area contributed by atoms with E-state index in [2.05, 4.69) is 12.0 Å². The van der Waals surface area contributed by atoms with Gasteiger partial charge in [0, 0.05) is 12.5 Å². The molecular formula is C11H16N2O. The maximum absolute atomic E-state index is 11.4. The van der Waals surface area contributed by atoms with Crippen molar-refractivity contribution < 1.29 is 4.79 Å². The highest BCUT2D eigenvalue weighted by atomic mass is 16.1. The van der Waals surface area contributed by atoms with Crippen molar-refractivity contribution in [1.29, 1.82) is 0 Å². The van der Waals surface area contributed by atoms with Gasteiger partial charge >= 0.3 is 0 Å². The Labute approximate surface area is 84.1 Å². The number of hydrogen-bond donors (Lipinski definition) is 0. The molecule has 1 aliphatic rings. The van der Waals surface area contributed by atoms with Gasteiger partial charge in [0.2, 0.25) is 0 Å². The Kier molecular flexibility index (Phi) is 2.40. The Balaban J connectivity index is 2.36. The van der Waals surface area contributed by atoms with Crippen LogP contribution in [0.4, 0.5) is 0 Å². The fourth-order valence-corrected chi connectivity index (χ4v) is 1.84. The first kappa shape index (κ1) is 9.44. The predicted octanol–water partition coefficient (Wildman–Crippen LogP) is 2.37. The molecule has 3 heteroatoms. The van der Waals surface area contributed by atoms with Crippen LogP contribution >= 0.6 is 0 Å². The number of nitrogens with zero attached hydrogens (tertiary/aromatic N) is 2. The second-order valence-electron chi connectivity index (χ2n) is 4.00. The molecule has 76 valence electrons. The Hall–Kier alpha value is -1.12. The molecule has 3 nitrogen and oxygen atoms in total. The molecule has 0 unspecified atom stereocenters. The molecule has 1 aliphatic carbocycles. The van der Waals surface area contributed by atoms with Crippen LogP contribution in [0, 0.1) is 0 Å². The number of Topliss-reactive ketones (excluding diaryl/α,β-unsaturated/α-hetero) is 1. The van der Waals surface area contributed by atoms with E-state index in [1.807, 2.05) is 4.68 Å². The van der Waals surface area contributed by atoms with E-state index >= 15 is 0 Å². The van der Waals surface area contributed by atoms with E-state index in [9.17, 15) is 4.79 Å². The number of aryl methyl sites for hydroxylation is 1. The Morgan fingerprint density at radius 2 is 2.36 bits per heavy atom. The van der Waals surface area contributed by atoms with E-state index < -0.39 is 0 Å². The molecule has 1 aromatic heterocycles. The van der Waals surface area contributed by atoms with Crippen molar-refractivity contribution in [3.05, 3.63) is 17.5 Å². The standard InChI is InChI=1S/C11H16N2O/c1-3-6-13-11(9-4-5-9)10(7-12-13)8(2)14/h7,9H,3-6H2,1-2H3. The lowest BCUT2D eigenvalue weighted by Crippen LogP contribution is -2.06. The number of rotatable bonds is 4. The molecular weight excluding hydrogens is 176 g/mol. The molecule has 14 heavy (non-hydrogen) atoms. The molecule has 1 fully saturated rings. The normalized spacial score (nSPS) is 15.9. The van der Waals surface area contributed by atoms with Crippen LogP contribution in [0.2, 0.25) is 0 Å². The minimum absolute atomic E-state index is 0.147. The minimum atomic E-state index is 0.147. The molecule has 1 aromatic rings. The van der Waals surface area contributed by atoms with E-state index in [-0.39, 0.29) is 5.78 Å². The highest BCUT2D eigenvalue weighted by molar-refractivity contribution is 5.95. The lowest BCUT2D eigenvalue weighted by Gasteiger charge is -2.05. The molecule has 2 rings (SSSR count). The Morgan fingerprint density at radius 1 is 1.64 bits per heavy atom. The number of aromatic nitrogens is 2. The lowest BCUT2D eigenvalue weighted by molar-refractivity contribution is 0.101. The smallest absolute Gasteiger partial charge is 0.163 e. The monoisotopic (exact) mass is 192 g/mol. The topological polar surface area (TPSA) is 34.9 Å². The van der Waals surface area contributed by atoms with E-state index in [4.69, 9.17) is 0 Å². The van der Waals surface area contributed by atoms with Crippen LogP contribution in [0.1, 0.15) is 55.1 Å². The molecule has 0 aromatic carbocycles. The first-order valence-electron chi connectivity index (χ1n) is 5.30. The van der Waals surface area contributed by atoms with Crippen LogP contribution < -0.4 is 0 Å². The first-order chi connectivity index (χ1) is 6.74. The van der Waals surface area contributed by atoms with E-state index in [0.29, 0.717) is 5.92 Å². The van der Waals surface area contributed by atoms with Crippen LogP contribution in [-0.2, 0) is 6.54 Å². The molecule has 1 saturated carbocycles. The minimum Gasteiger partial charge on any atom is -0.294 e. The lowest BCUT2D eigenvalue weighted by atomic mass is 10.1. The third kappa shape index (κ3) is 1.59. The van der Waals surface area contributed by atoms with Gasteiger partial charge in [0.25, 0.3) is 0 Å². The van der Waals surface area contributed by atoms with Crippen molar-refractivity contribution in [1.82, 2.24) is 9.78 Å². The largest absolute Gasteiger partial charge is 0.294 e. The molecule has 0 N–H and O–H groups in total. The van der Waals surface area contributed by atoms with Crippen molar-refractivity contribution in [3.63, 3.8) is 0 Å². The van der Waals surface area contributed by atoms with Crippen molar-refractivity contribution in [2.45, 2.75) is 45.6 Å². The summed E-state index contributed by atoms with van der Waals surface area (Å²) in [6.45, 7) is 4.68. The summed E-state index contributed by atoms with van der Waals surface area (Å²) in [6.07, 6.45) is 5.23. The number of carbonyl (C=O) groups is 1. The molecule has 0 amide bonds. The van der Waals surface area contributed by atoms with Gasteiger partial charge in [0.05, 0.1) is 17.5 Å². The highest BCUT2D eigenvalue weighted by Crippen LogP contribution is 2.41. The maximum atomic E-state index is 11.4. The summed E-state index contributed by atoms with van der Waals surface area (Å²) in [5, 5.41) is 4.28. The number of hydrogen-bond acceptors (Lipinski definition) is 2. The van der Waals surface area contributed by atoms with Gasteiger partial charge in [-0.25, -0.2) is 0 Å². The molecule has 0 bridgehead atoms. The van der Waals surface area contributed by atoms with Crippen LogP contribution in [0.25, 0.3) is 0 Å². The zero-order valence-corrected chi connectivity index (χ0v) is 8.79. The molecule has 0 atom stereocenters. The average molecular weight is 192 g/mol. The van der Waals surface area contributed by atoms with Crippen LogP contribution in [0.15, 0.2) is 6.20 Å². The van der Waals surface area contributed by atoms with Crippen LogP contribution in [-0.4, -0.2) is 15.6 Å². The zero-order valence-electron chi connectivity index (χ0n) is 8.79. The first-order valence-corrected chi connectivity index (χ1v) is 5.30. The van der Waals surface area contributed by atoms with Gasteiger partial charge in [-0.2, -0.15) is 5.10 Å². The van der Waals surface area contributed by atoms with Crippen molar-refractivity contribution >= 4 is 5.78 Å². The third-order valence-electron chi connectivity index (χ3n) is 2.66. The summed E-state index contributed by atoms with van der Waals surface area (Å²) >= 11 is 0. The van der Waals surface area contributed by atoms with Crippen molar-refractivity contribution in [2.75, 3.05) is 0 Å².